The molecule has 0 radical (unpaired) electrons. The number of fused-ring (bicyclic) bond motifs is 1. The zero-order chi connectivity index (χ0) is 19.7. The molecule has 0 atom stereocenters. The maximum absolute atomic E-state index is 14.6. The molecule has 4 aromatic rings. The van der Waals surface area contributed by atoms with Crippen LogP contribution in [-0.2, 0) is 0 Å². The number of nitrogens with one attached hydrogen (secondary N) is 1. The lowest BCUT2D eigenvalue weighted by atomic mass is 10.1. The first-order chi connectivity index (χ1) is 13.5. The summed E-state index contributed by atoms with van der Waals surface area (Å²) in [6.45, 7) is 0. The summed E-state index contributed by atoms with van der Waals surface area (Å²) in [5, 5.41) is 0. The van der Waals surface area contributed by atoms with Gasteiger partial charge in [-0.3, -0.25) is 9.78 Å². The molecule has 0 unspecified atom stereocenters. The smallest absolute Gasteiger partial charge is 0.290 e. The van der Waals surface area contributed by atoms with Crippen LogP contribution in [0.2, 0.25) is 0 Å². The van der Waals surface area contributed by atoms with Gasteiger partial charge in [-0.2, -0.15) is 0 Å². The van der Waals surface area contributed by atoms with E-state index in [9.17, 15) is 18.4 Å². The van der Waals surface area contributed by atoms with Crippen molar-refractivity contribution in [2.45, 2.75) is 0 Å². The lowest BCUT2D eigenvalue weighted by Gasteiger charge is -2.08. The molecule has 4 rings (SSSR count). The summed E-state index contributed by atoms with van der Waals surface area (Å²) in [7, 11) is 0. The van der Waals surface area contributed by atoms with E-state index in [1.165, 1.54) is 12.4 Å². The third-order valence-electron chi connectivity index (χ3n) is 3.90. The first-order valence-electron chi connectivity index (χ1n) is 8.07. The van der Waals surface area contributed by atoms with E-state index in [2.05, 4.69) is 26.8 Å². The van der Waals surface area contributed by atoms with Crippen LogP contribution in [0.1, 0.15) is 11.1 Å². The molecule has 0 aliphatic carbocycles. The van der Waals surface area contributed by atoms with Crippen LogP contribution in [0.5, 0.6) is 0 Å². The molecular weight excluding hydrogens is 366 g/mol. The summed E-state index contributed by atoms with van der Waals surface area (Å²) < 4.78 is 29.6. The highest BCUT2D eigenvalue weighted by atomic mass is 19.1. The summed E-state index contributed by atoms with van der Waals surface area (Å²) >= 11 is 0. The molecule has 0 amide bonds. The van der Waals surface area contributed by atoms with Gasteiger partial charge < -0.3 is 0 Å². The maximum Gasteiger partial charge on any atom is 0.334 e. The van der Waals surface area contributed by atoms with Gasteiger partial charge in [-0.05, 0) is 24.3 Å². The lowest BCUT2D eigenvalue weighted by Crippen LogP contribution is -2.35. The third-order valence-corrected chi connectivity index (χ3v) is 3.90. The van der Waals surface area contributed by atoms with Crippen molar-refractivity contribution >= 4 is 11.2 Å². The second-order valence-corrected chi connectivity index (χ2v) is 5.73. The van der Waals surface area contributed by atoms with Gasteiger partial charge in [-0.15, -0.1) is 0 Å². The zero-order valence-electron chi connectivity index (χ0n) is 14.1. The average molecular weight is 376 g/mol. The van der Waals surface area contributed by atoms with Crippen LogP contribution in [0.15, 0.2) is 64.4 Å². The number of aromatic nitrogens is 4. The standard InChI is InChI=1S/C20H10F2N4O2/c21-14-10-13(7-6-12-4-2-1-3-5-12)11-15(22)17(14)26-19(27)16-18(25-20(26)28)24-9-8-23-16/h1-5,8-11H,(H,24,25,28). The Hall–Kier alpha value is -4.12. The van der Waals surface area contributed by atoms with E-state index in [0.29, 0.717) is 10.1 Å². The molecule has 0 bridgehead atoms. The van der Waals surface area contributed by atoms with Gasteiger partial charge in [0.25, 0.3) is 5.56 Å². The van der Waals surface area contributed by atoms with Crippen LogP contribution >= 0.6 is 0 Å². The van der Waals surface area contributed by atoms with Crippen LogP contribution in [0.4, 0.5) is 8.78 Å². The minimum Gasteiger partial charge on any atom is -0.290 e. The average Bonchev–Trinajstić information content (AvgIpc) is 2.69. The maximum atomic E-state index is 14.6. The van der Waals surface area contributed by atoms with Gasteiger partial charge in [0.15, 0.2) is 22.8 Å². The molecular formula is C20H10F2N4O2. The number of benzene rings is 2. The number of hydrogen-bond donors (Lipinski definition) is 1. The van der Waals surface area contributed by atoms with Gasteiger partial charge in [0.05, 0.1) is 0 Å². The van der Waals surface area contributed by atoms with Gasteiger partial charge in [-0.25, -0.2) is 28.1 Å². The minimum atomic E-state index is -1.10. The summed E-state index contributed by atoms with van der Waals surface area (Å²) in [5.74, 6) is 3.23. The molecule has 28 heavy (non-hydrogen) atoms. The zero-order valence-corrected chi connectivity index (χ0v) is 14.1. The van der Waals surface area contributed by atoms with Crippen molar-refractivity contribution in [3.05, 3.63) is 98.5 Å². The summed E-state index contributed by atoms with van der Waals surface area (Å²) in [4.78, 5) is 34.7. The van der Waals surface area contributed by atoms with Crippen molar-refractivity contribution in [1.29, 1.82) is 0 Å². The molecule has 1 N–H and O–H groups in total. The second kappa shape index (κ2) is 6.89. The molecule has 0 saturated carbocycles. The van der Waals surface area contributed by atoms with Crippen molar-refractivity contribution in [3.8, 4) is 17.5 Å². The Morgan fingerprint density at radius 2 is 1.54 bits per heavy atom. The number of aromatic amines is 1. The van der Waals surface area contributed by atoms with Crippen molar-refractivity contribution < 1.29 is 8.78 Å². The second-order valence-electron chi connectivity index (χ2n) is 5.73. The van der Waals surface area contributed by atoms with Gasteiger partial charge >= 0.3 is 5.69 Å². The highest BCUT2D eigenvalue weighted by Crippen LogP contribution is 2.17. The fraction of sp³-hybridized carbons (Fsp3) is 0. The van der Waals surface area contributed by atoms with E-state index in [0.717, 1.165) is 12.1 Å². The molecule has 2 aromatic carbocycles. The summed E-state index contributed by atoms with van der Waals surface area (Å²) in [6, 6.07) is 10.8. The van der Waals surface area contributed by atoms with Crippen molar-refractivity contribution in [2.24, 2.45) is 0 Å². The van der Waals surface area contributed by atoms with E-state index in [1.54, 1.807) is 24.3 Å². The normalized spacial score (nSPS) is 10.5. The van der Waals surface area contributed by atoms with Crippen LogP contribution in [-0.4, -0.2) is 19.5 Å². The first kappa shape index (κ1) is 17.3. The molecule has 2 heterocycles. The van der Waals surface area contributed by atoms with E-state index in [-0.39, 0.29) is 16.7 Å². The van der Waals surface area contributed by atoms with Gasteiger partial charge in [0.1, 0.15) is 5.69 Å². The molecule has 0 aliphatic rings. The minimum absolute atomic E-state index is 0.0626. The number of hydrogen-bond acceptors (Lipinski definition) is 4. The lowest BCUT2D eigenvalue weighted by molar-refractivity contribution is 0.562. The Bertz CT molecular complexity index is 1360. The quantitative estimate of drug-likeness (QED) is 0.516. The highest BCUT2D eigenvalue weighted by molar-refractivity contribution is 5.67. The number of rotatable bonds is 1. The topological polar surface area (TPSA) is 80.6 Å². The molecule has 0 fully saturated rings. The number of halogens is 2. The molecule has 2 aromatic heterocycles. The Balaban J connectivity index is 1.87. The predicted molar refractivity (Wildman–Crippen MR) is 98.1 cm³/mol. The van der Waals surface area contributed by atoms with Crippen LogP contribution in [0, 0.1) is 23.5 Å². The first-order valence-corrected chi connectivity index (χ1v) is 8.07. The molecule has 0 spiro atoms. The van der Waals surface area contributed by atoms with Gasteiger partial charge in [-0.1, -0.05) is 30.0 Å². The van der Waals surface area contributed by atoms with E-state index >= 15 is 0 Å². The predicted octanol–water partition coefficient (Wildman–Crippen LogP) is 2.15. The Labute approximate surface area is 156 Å². The monoisotopic (exact) mass is 376 g/mol. The molecule has 0 saturated heterocycles. The van der Waals surface area contributed by atoms with Crippen molar-refractivity contribution in [1.82, 2.24) is 19.5 Å². The Morgan fingerprint density at radius 1 is 0.893 bits per heavy atom. The largest absolute Gasteiger partial charge is 0.334 e. The fourth-order valence-electron chi connectivity index (χ4n) is 2.66. The number of H-pyrrole nitrogens is 1. The Morgan fingerprint density at radius 3 is 2.25 bits per heavy atom. The summed E-state index contributed by atoms with van der Waals surface area (Å²) in [6.07, 6.45) is 2.52. The Kier molecular flexibility index (Phi) is 4.26. The molecule has 6 nitrogen and oxygen atoms in total. The molecule has 136 valence electrons. The van der Waals surface area contributed by atoms with E-state index < -0.39 is 28.6 Å². The van der Waals surface area contributed by atoms with Crippen LogP contribution in [0.3, 0.4) is 0 Å². The third kappa shape index (κ3) is 3.05. The van der Waals surface area contributed by atoms with Crippen molar-refractivity contribution in [3.63, 3.8) is 0 Å². The molecule has 0 aliphatic heterocycles. The van der Waals surface area contributed by atoms with Gasteiger partial charge in [0, 0.05) is 23.5 Å². The number of nitrogens with zero attached hydrogens (tertiary/aromatic N) is 3. The molecule has 8 heteroatoms. The van der Waals surface area contributed by atoms with Gasteiger partial charge in [0.2, 0.25) is 0 Å². The van der Waals surface area contributed by atoms with Crippen LogP contribution in [0.25, 0.3) is 16.9 Å². The van der Waals surface area contributed by atoms with E-state index in [1.807, 2.05) is 6.07 Å². The van der Waals surface area contributed by atoms with E-state index in [4.69, 9.17) is 0 Å². The fourth-order valence-corrected chi connectivity index (χ4v) is 2.66. The van der Waals surface area contributed by atoms with Crippen molar-refractivity contribution in [2.75, 3.05) is 0 Å². The SMILES string of the molecule is O=c1[nH]c2nccnc2c(=O)n1-c1c(F)cc(C#Cc2ccccc2)cc1F. The highest BCUT2D eigenvalue weighted by Gasteiger charge is 2.19. The van der Waals surface area contributed by atoms with Crippen LogP contribution < -0.4 is 11.2 Å². The summed E-state index contributed by atoms with van der Waals surface area (Å²) in [5.41, 5.74) is -2.36.